The molecule has 2 unspecified atom stereocenters. The second kappa shape index (κ2) is 7.11. The first-order valence-electron chi connectivity index (χ1n) is 8.04. The molecule has 0 bridgehead atoms. The zero-order valence-electron chi connectivity index (χ0n) is 14.0. The Kier molecular flexibility index (Phi) is 4.88. The van der Waals surface area contributed by atoms with E-state index < -0.39 is 24.2 Å². The van der Waals surface area contributed by atoms with Crippen LogP contribution in [0.4, 0.5) is 14.5 Å². The number of carboxylic acid groups (broad SMARTS) is 1. The third kappa shape index (κ3) is 3.66. The maximum atomic E-state index is 13.9. The zero-order valence-corrected chi connectivity index (χ0v) is 14.0. The highest BCUT2D eigenvalue weighted by atomic mass is 19.2. The summed E-state index contributed by atoms with van der Waals surface area (Å²) in [5.74, 6) is -3.40. The van der Waals surface area contributed by atoms with E-state index in [1.807, 2.05) is 0 Å². The highest BCUT2D eigenvalue weighted by Crippen LogP contribution is 2.49. The summed E-state index contributed by atoms with van der Waals surface area (Å²) in [6, 6.07) is 10.4. The Morgan fingerprint density at radius 3 is 2.54 bits per heavy atom. The largest absolute Gasteiger partial charge is 0.482 e. The van der Waals surface area contributed by atoms with E-state index in [0.717, 1.165) is 6.07 Å². The van der Waals surface area contributed by atoms with Crippen LogP contribution in [0.25, 0.3) is 0 Å². The van der Waals surface area contributed by atoms with E-state index in [1.54, 1.807) is 31.3 Å². The molecule has 7 heteroatoms. The van der Waals surface area contributed by atoms with Gasteiger partial charge in [0.05, 0.1) is 0 Å². The monoisotopic (exact) mass is 361 g/mol. The number of hydrogen-bond donors (Lipinski definition) is 1. The van der Waals surface area contributed by atoms with Gasteiger partial charge in [0.25, 0.3) is 0 Å². The van der Waals surface area contributed by atoms with Crippen LogP contribution in [0.1, 0.15) is 17.9 Å². The van der Waals surface area contributed by atoms with E-state index in [9.17, 15) is 18.4 Å². The van der Waals surface area contributed by atoms with Crippen LogP contribution >= 0.6 is 0 Å². The molecule has 1 amide bonds. The molecule has 0 aromatic heterocycles. The summed E-state index contributed by atoms with van der Waals surface area (Å²) in [7, 11) is 1.60. The number of carbonyl (C=O) groups is 2. The van der Waals surface area contributed by atoms with Crippen LogP contribution in [0.5, 0.6) is 5.75 Å². The SMILES string of the molecule is CN(C(=O)C1CC1c1cccc(F)c1F)c1ccc(OCC(=O)O)cc1. The Morgan fingerprint density at radius 1 is 1.19 bits per heavy atom. The number of carboxylic acids is 1. The zero-order chi connectivity index (χ0) is 18.8. The van der Waals surface area contributed by atoms with Crippen LogP contribution in [-0.4, -0.2) is 30.6 Å². The fraction of sp³-hybridized carbons (Fsp3) is 0.263. The van der Waals surface area contributed by atoms with Crippen molar-refractivity contribution in [1.29, 1.82) is 0 Å². The summed E-state index contributed by atoms with van der Waals surface area (Å²) in [6.07, 6.45) is 0.476. The van der Waals surface area contributed by atoms with Crippen LogP contribution < -0.4 is 9.64 Å². The van der Waals surface area contributed by atoms with Gasteiger partial charge in [-0.3, -0.25) is 4.79 Å². The first-order chi connectivity index (χ1) is 12.4. The lowest BCUT2D eigenvalue weighted by Crippen LogP contribution is -2.28. The van der Waals surface area contributed by atoms with Gasteiger partial charge in [0.2, 0.25) is 5.91 Å². The van der Waals surface area contributed by atoms with Crippen LogP contribution in [0, 0.1) is 17.6 Å². The minimum absolute atomic E-state index is 0.183. The molecule has 0 saturated heterocycles. The molecule has 136 valence electrons. The number of anilines is 1. The lowest BCUT2D eigenvalue weighted by Gasteiger charge is -2.18. The summed E-state index contributed by atoms with van der Waals surface area (Å²) in [5.41, 5.74) is 0.831. The molecule has 2 atom stereocenters. The highest BCUT2D eigenvalue weighted by Gasteiger charge is 2.46. The van der Waals surface area contributed by atoms with E-state index >= 15 is 0 Å². The molecule has 0 heterocycles. The number of rotatable bonds is 6. The van der Waals surface area contributed by atoms with Gasteiger partial charge >= 0.3 is 5.97 Å². The predicted octanol–water partition coefficient (Wildman–Crippen LogP) is 3.19. The molecule has 0 radical (unpaired) electrons. The fourth-order valence-corrected chi connectivity index (χ4v) is 2.91. The van der Waals surface area contributed by atoms with Crippen LogP contribution in [0.3, 0.4) is 0 Å². The van der Waals surface area contributed by atoms with Gasteiger partial charge in [0.15, 0.2) is 18.2 Å². The Hall–Kier alpha value is -2.96. The normalized spacial score (nSPS) is 18.3. The van der Waals surface area contributed by atoms with Crippen LogP contribution in [0.2, 0.25) is 0 Å². The molecule has 1 N–H and O–H groups in total. The van der Waals surface area contributed by atoms with Crippen molar-refractivity contribution >= 4 is 17.6 Å². The maximum Gasteiger partial charge on any atom is 0.341 e. The quantitative estimate of drug-likeness (QED) is 0.858. The third-order valence-electron chi connectivity index (χ3n) is 4.41. The van der Waals surface area contributed by atoms with E-state index in [0.29, 0.717) is 17.9 Å². The van der Waals surface area contributed by atoms with Crippen molar-refractivity contribution in [2.24, 2.45) is 5.92 Å². The van der Waals surface area contributed by atoms with Gasteiger partial charge in [-0.05, 0) is 48.2 Å². The van der Waals surface area contributed by atoms with E-state index in [1.165, 1.54) is 17.0 Å². The van der Waals surface area contributed by atoms with E-state index in [2.05, 4.69) is 0 Å². The van der Waals surface area contributed by atoms with Gasteiger partial charge in [-0.2, -0.15) is 0 Å². The molecule has 2 aromatic rings. The van der Waals surface area contributed by atoms with Crippen molar-refractivity contribution in [1.82, 2.24) is 0 Å². The van der Waals surface area contributed by atoms with Crippen molar-refractivity contribution in [2.45, 2.75) is 12.3 Å². The van der Waals surface area contributed by atoms with Crippen molar-refractivity contribution < 1.29 is 28.2 Å². The number of hydrogen-bond acceptors (Lipinski definition) is 3. The minimum atomic E-state index is -1.08. The van der Waals surface area contributed by atoms with E-state index in [-0.39, 0.29) is 23.3 Å². The molecular formula is C19H17F2NO4. The molecule has 0 aliphatic heterocycles. The molecule has 0 spiro atoms. The summed E-state index contributed by atoms with van der Waals surface area (Å²) in [5, 5.41) is 8.59. The van der Waals surface area contributed by atoms with Crippen LogP contribution in [-0.2, 0) is 9.59 Å². The summed E-state index contributed by atoms with van der Waals surface area (Å²) >= 11 is 0. The molecule has 1 fully saturated rings. The second-order valence-corrected chi connectivity index (χ2v) is 6.17. The molecule has 26 heavy (non-hydrogen) atoms. The second-order valence-electron chi connectivity index (χ2n) is 6.17. The molecular weight excluding hydrogens is 344 g/mol. The van der Waals surface area contributed by atoms with Gasteiger partial charge in [0.1, 0.15) is 5.75 Å². The topological polar surface area (TPSA) is 66.8 Å². The average molecular weight is 361 g/mol. The number of ether oxygens (including phenoxy) is 1. The molecule has 1 aliphatic carbocycles. The fourth-order valence-electron chi connectivity index (χ4n) is 2.91. The number of benzene rings is 2. The van der Waals surface area contributed by atoms with Crippen molar-refractivity contribution in [3.05, 3.63) is 59.7 Å². The molecule has 3 rings (SSSR count). The van der Waals surface area contributed by atoms with Gasteiger partial charge < -0.3 is 14.7 Å². The van der Waals surface area contributed by atoms with Gasteiger partial charge in [0, 0.05) is 18.7 Å². The Bertz CT molecular complexity index is 838. The van der Waals surface area contributed by atoms with Crippen molar-refractivity contribution in [2.75, 3.05) is 18.6 Å². The van der Waals surface area contributed by atoms with Crippen molar-refractivity contribution in [3.8, 4) is 5.75 Å². The Labute approximate surface area is 148 Å². The van der Waals surface area contributed by atoms with Gasteiger partial charge in [-0.1, -0.05) is 12.1 Å². The lowest BCUT2D eigenvalue weighted by atomic mass is 10.1. The lowest BCUT2D eigenvalue weighted by molar-refractivity contribution is -0.139. The van der Waals surface area contributed by atoms with Gasteiger partial charge in [-0.25, -0.2) is 13.6 Å². The number of nitrogens with zero attached hydrogens (tertiary/aromatic N) is 1. The average Bonchev–Trinajstić information content (AvgIpc) is 3.42. The summed E-state index contributed by atoms with van der Waals surface area (Å²) in [6.45, 7) is -0.447. The first kappa shape index (κ1) is 17.8. The maximum absolute atomic E-state index is 13.9. The standard InChI is InChI=1S/C19H17F2NO4/c1-22(11-5-7-12(8-6-11)26-10-17(23)24)19(25)15-9-14(15)13-3-2-4-16(20)18(13)21/h2-8,14-15H,9-10H2,1H3,(H,23,24). The predicted molar refractivity (Wildman–Crippen MR) is 90.2 cm³/mol. The minimum Gasteiger partial charge on any atom is -0.482 e. The molecule has 5 nitrogen and oxygen atoms in total. The highest BCUT2D eigenvalue weighted by molar-refractivity contribution is 5.97. The number of amides is 1. The molecule has 1 aliphatic rings. The molecule has 1 saturated carbocycles. The number of halogens is 2. The van der Waals surface area contributed by atoms with Crippen molar-refractivity contribution in [3.63, 3.8) is 0 Å². The summed E-state index contributed by atoms with van der Waals surface area (Å²) in [4.78, 5) is 24.5. The summed E-state index contributed by atoms with van der Waals surface area (Å²) < 4.78 is 32.3. The third-order valence-corrected chi connectivity index (χ3v) is 4.41. The van der Waals surface area contributed by atoms with Gasteiger partial charge in [-0.15, -0.1) is 0 Å². The smallest absolute Gasteiger partial charge is 0.341 e. The number of aliphatic carboxylic acids is 1. The van der Waals surface area contributed by atoms with Crippen LogP contribution in [0.15, 0.2) is 42.5 Å². The number of carbonyl (C=O) groups excluding carboxylic acids is 1. The Balaban J connectivity index is 1.65. The first-order valence-corrected chi connectivity index (χ1v) is 8.04. The van der Waals surface area contributed by atoms with E-state index in [4.69, 9.17) is 9.84 Å². The Morgan fingerprint density at radius 2 is 1.88 bits per heavy atom. The molecule has 2 aromatic carbocycles.